The first-order valence-corrected chi connectivity index (χ1v) is 6.05. The highest BCUT2D eigenvalue weighted by molar-refractivity contribution is 5.25. The molecular weight excluding hydrogens is 196 g/mol. The Kier molecular flexibility index (Phi) is 3.96. The van der Waals surface area contributed by atoms with Crippen molar-refractivity contribution in [3.8, 4) is 6.07 Å². The molecule has 0 saturated carbocycles. The van der Waals surface area contributed by atoms with Gasteiger partial charge in [0.1, 0.15) is 0 Å². The number of nitriles is 1. The Morgan fingerprint density at radius 2 is 1.88 bits per heavy atom. The van der Waals surface area contributed by atoms with Gasteiger partial charge in [0.2, 0.25) is 0 Å². The van der Waals surface area contributed by atoms with E-state index < -0.39 is 0 Å². The molecule has 1 aliphatic heterocycles. The molecule has 1 aliphatic rings. The van der Waals surface area contributed by atoms with E-state index in [0.717, 1.165) is 12.1 Å². The van der Waals surface area contributed by atoms with E-state index in [9.17, 15) is 0 Å². The predicted molar refractivity (Wildman–Crippen MR) is 64.9 cm³/mol. The Hall–Kier alpha value is -1.33. The van der Waals surface area contributed by atoms with Gasteiger partial charge in [-0.05, 0) is 37.1 Å². The van der Waals surface area contributed by atoms with Crippen LogP contribution in [0.25, 0.3) is 0 Å². The lowest BCUT2D eigenvalue weighted by Gasteiger charge is -2.26. The first-order valence-electron chi connectivity index (χ1n) is 6.05. The van der Waals surface area contributed by atoms with Crippen LogP contribution in [0.2, 0.25) is 0 Å². The molecule has 0 bridgehead atoms. The second-order valence-electron chi connectivity index (χ2n) is 4.49. The van der Waals surface area contributed by atoms with Crippen LogP contribution in [-0.2, 0) is 13.0 Å². The molecule has 0 spiro atoms. The molecule has 1 aromatic rings. The molecule has 84 valence electrons. The summed E-state index contributed by atoms with van der Waals surface area (Å²) in [4.78, 5) is 2.51. The number of benzene rings is 1. The Balaban J connectivity index is 1.97. The lowest BCUT2D eigenvalue weighted by atomic mass is 10.1. The van der Waals surface area contributed by atoms with Gasteiger partial charge in [0, 0.05) is 6.54 Å². The first-order chi connectivity index (χ1) is 7.88. The lowest BCUT2D eigenvalue weighted by molar-refractivity contribution is 0.221. The Bertz CT molecular complexity index is 373. The predicted octanol–water partition coefficient (Wildman–Crippen LogP) is 2.74. The van der Waals surface area contributed by atoms with E-state index in [2.05, 4.69) is 29.2 Å². The maximum Gasteiger partial charge on any atom is 0.0669 e. The number of nitrogens with zero attached hydrogens (tertiary/aromatic N) is 2. The van der Waals surface area contributed by atoms with Crippen LogP contribution in [0.5, 0.6) is 0 Å². The molecule has 0 atom stereocenters. The van der Waals surface area contributed by atoms with Crippen LogP contribution in [0.4, 0.5) is 0 Å². The third-order valence-corrected chi connectivity index (χ3v) is 3.13. The number of hydrogen-bond donors (Lipinski definition) is 0. The summed E-state index contributed by atoms with van der Waals surface area (Å²) in [7, 11) is 0. The lowest BCUT2D eigenvalue weighted by Crippen LogP contribution is -2.29. The van der Waals surface area contributed by atoms with Crippen LogP contribution < -0.4 is 0 Å². The molecule has 2 rings (SSSR count). The van der Waals surface area contributed by atoms with Gasteiger partial charge in [0.25, 0.3) is 0 Å². The highest BCUT2D eigenvalue weighted by Crippen LogP contribution is 2.14. The largest absolute Gasteiger partial charge is 0.299 e. The molecular formula is C14H18N2. The molecule has 0 aromatic heterocycles. The minimum absolute atomic E-state index is 0.522. The van der Waals surface area contributed by atoms with Crippen molar-refractivity contribution in [2.75, 3.05) is 13.1 Å². The standard InChI is InChI=1S/C14H18N2/c15-8-7-13-5-4-6-14(11-13)12-16-9-2-1-3-10-16/h4-6,11H,1-3,7,9-10,12H2. The highest BCUT2D eigenvalue weighted by atomic mass is 15.1. The normalized spacial score (nSPS) is 16.9. The Morgan fingerprint density at radius 3 is 2.62 bits per heavy atom. The molecule has 2 heteroatoms. The van der Waals surface area contributed by atoms with Crippen molar-refractivity contribution in [2.45, 2.75) is 32.2 Å². The van der Waals surface area contributed by atoms with Gasteiger partial charge in [0.15, 0.2) is 0 Å². The van der Waals surface area contributed by atoms with E-state index in [-0.39, 0.29) is 0 Å². The fourth-order valence-electron chi connectivity index (χ4n) is 2.30. The molecule has 0 amide bonds. The van der Waals surface area contributed by atoms with Gasteiger partial charge < -0.3 is 0 Å². The van der Waals surface area contributed by atoms with Gasteiger partial charge in [-0.3, -0.25) is 4.90 Å². The van der Waals surface area contributed by atoms with Crippen molar-refractivity contribution in [3.05, 3.63) is 35.4 Å². The summed E-state index contributed by atoms with van der Waals surface area (Å²) >= 11 is 0. The fraction of sp³-hybridized carbons (Fsp3) is 0.500. The third-order valence-electron chi connectivity index (χ3n) is 3.13. The average Bonchev–Trinajstić information content (AvgIpc) is 2.31. The smallest absolute Gasteiger partial charge is 0.0669 e. The number of hydrogen-bond acceptors (Lipinski definition) is 2. The second-order valence-corrected chi connectivity index (χ2v) is 4.49. The van der Waals surface area contributed by atoms with Crippen molar-refractivity contribution in [1.82, 2.24) is 4.90 Å². The summed E-state index contributed by atoms with van der Waals surface area (Å²) in [5.41, 5.74) is 2.48. The minimum atomic E-state index is 0.522. The van der Waals surface area contributed by atoms with Crippen molar-refractivity contribution in [3.63, 3.8) is 0 Å². The molecule has 0 N–H and O–H groups in total. The third kappa shape index (κ3) is 3.08. The molecule has 1 fully saturated rings. The van der Waals surface area contributed by atoms with Gasteiger partial charge in [0.05, 0.1) is 12.5 Å². The molecule has 0 radical (unpaired) electrons. The number of piperidine rings is 1. The maximum absolute atomic E-state index is 8.67. The van der Waals surface area contributed by atoms with E-state index in [1.807, 2.05) is 6.07 Å². The molecule has 1 saturated heterocycles. The van der Waals surface area contributed by atoms with Gasteiger partial charge >= 0.3 is 0 Å². The van der Waals surface area contributed by atoms with Crippen molar-refractivity contribution < 1.29 is 0 Å². The molecule has 1 heterocycles. The van der Waals surface area contributed by atoms with Gasteiger partial charge in [-0.25, -0.2) is 0 Å². The zero-order valence-corrected chi connectivity index (χ0v) is 9.65. The monoisotopic (exact) mass is 214 g/mol. The Morgan fingerprint density at radius 1 is 1.12 bits per heavy atom. The molecule has 1 aromatic carbocycles. The summed E-state index contributed by atoms with van der Waals surface area (Å²) in [5, 5.41) is 8.67. The van der Waals surface area contributed by atoms with E-state index >= 15 is 0 Å². The van der Waals surface area contributed by atoms with E-state index in [1.165, 1.54) is 37.9 Å². The average molecular weight is 214 g/mol. The zero-order valence-electron chi connectivity index (χ0n) is 9.65. The van der Waals surface area contributed by atoms with Gasteiger partial charge in [-0.1, -0.05) is 30.7 Å². The highest BCUT2D eigenvalue weighted by Gasteiger charge is 2.10. The topological polar surface area (TPSA) is 27.0 Å². The van der Waals surface area contributed by atoms with Crippen LogP contribution in [0.1, 0.15) is 30.4 Å². The van der Waals surface area contributed by atoms with Crippen LogP contribution in [0.15, 0.2) is 24.3 Å². The SMILES string of the molecule is N#CCc1cccc(CN2CCCCC2)c1. The van der Waals surface area contributed by atoms with Gasteiger partial charge in [-0.2, -0.15) is 5.26 Å². The van der Waals surface area contributed by atoms with Crippen molar-refractivity contribution in [1.29, 1.82) is 5.26 Å². The van der Waals surface area contributed by atoms with E-state index in [1.54, 1.807) is 0 Å². The number of rotatable bonds is 3. The van der Waals surface area contributed by atoms with Gasteiger partial charge in [-0.15, -0.1) is 0 Å². The van der Waals surface area contributed by atoms with Crippen LogP contribution in [0, 0.1) is 11.3 Å². The molecule has 0 aliphatic carbocycles. The van der Waals surface area contributed by atoms with E-state index in [4.69, 9.17) is 5.26 Å². The summed E-state index contributed by atoms with van der Waals surface area (Å²) in [5.74, 6) is 0. The quantitative estimate of drug-likeness (QED) is 0.773. The summed E-state index contributed by atoms with van der Waals surface area (Å²) in [6.45, 7) is 3.49. The molecule has 2 nitrogen and oxygen atoms in total. The van der Waals surface area contributed by atoms with Crippen LogP contribution in [0.3, 0.4) is 0 Å². The summed E-state index contributed by atoms with van der Waals surface area (Å²) < 4.78 is 0. The molecule has 16 heavy (non-hydrogen) atoms. The van der Waals surface area contributed by atoms with Crippen LogP contribution in [-0.4, -0.2) is 18.0 Å². The fourth-order valence-corrected chi connectivity index (χ4v) is 2.30. The minimum Gasteiger partial charge on any atom is -0.299 e. The van der Waals surface area contributed by atoms with Crippen molar-refractivity contribution >= 4 is 0 Å². The Labute approximate surface area is 97.5 Å². The zero-order chi connectivity index (χ0) is 11.2. The maximum atomic E-state index is 8.67. The van der Waals surface area contributed by atoms with E-state index in [0.29, 0.717) is 6.42 Å². The summed E-state index contributed by atoms with van der Waals surface area (Å²) in [6, 6.07) is 10.6. The van der Waals surface area contributed by atoms with Crippen LogP contribution >= 0.6 is 0 Å². The number of likely N-dealkylation sites (tertiary alicyclic amines) is 1. The second kappa shape index (κ2) is 5.67. The van der Waals surface area contributed by atoms with Crippen molar-refractivity contribution in [2.24, 2.45) is 0 Å². The summed E-state index contributed by atoms with van der Waals surface area (Å²) in [6.07, 6.45) is 4.56. The molecule has 0 unspecified atom stereocenters. The first kappa shape index (κ1) is 11.2.